The smallest absolute Gasteiger partial charge is 0.235 e. The minimum atomic E-state index is -0.819. The van der Waals surface area contributed by atoms with Gasteiger partial charge in [0.1, 0.15) is 0 Å². The Morgan fingerprint density at radius 3 is 2.50 bits per heavy atom. The topological polar surface area (TPSA) is 92.9 Å². The second kappa shape index (κ2) is 6.42. The summed E-state index contributed by atoms with van der Waals surface area (Å²) in [7, 11) is 0. The summed E-state index contributed by atoms with van der Waals surface area (Å²) in [4.78, 5) is 11.7. The maximum Gasteiger partial charge on any atom is 0.235 e. The van der Waals surface area contributed by atoms with Gasteiger partial charge in [0.05, 0.1) is 17.7 Å². The second-order valence-electron chi connectivity index (χ2n) is 5.65. The SMILES string of the molecule is CC(Cc1cccc(C#N)c1)(c1ccccc1)C(N)C(N)=O. The van der Waals surface area contributed by atoms with Crippen LogP contribution >= 0.6 is 0 Å². The normalized spacial score (nSPS) is 14.6. The van der Waals surface area contributed by atoms with Gasteiger partial charge in [0.25, 0.3) is 0 Å². The lowest BCUT2D eigenvalue weighted by molar-refractivity contribution is -0.120. The van der Waals surface area contributed by atoms with Crippen LogP contribution in [0.15, 0.2) is 54.6 Å². The van der Waals surface area contributed by atoms with Gasteiger partial charge in [-0.2, -0.15) is 5.26 Å². The number of nitrogens with two attached hydrogens (primary N) is 2. The number of primary amides is 1. The Balaban J connectivity index is 2.45. The van der Waals surface area contributed by atoms with Crippen molar-refractivity contribution in [1.29, 1.82) is 5.26 Å². The highest BCUT2D eigenvalue weighted by molar-refractivity contribution is 5.81. The Hall–Kier alpha value is -2.64. The molecule has 4 N–H and O–H groups in total. The van der Waals surface area contributed by atoms with Gasteiger partial charge in [0, 0.05) is 5.41 Å². The molecule has 0 saturated heterocycles. The van der Waals surface area contributed by atoms with E-state index in [1.54, 1.807) is 6.07 Å². The fourth-order valence-electron chi connectivity index (χ4n) is 2.70. The Morgan fingerprint density at radius 1 is 1.23 bits per heavy atom. The lowest BCUT2D eigenvalue weighted by atomic mass is 9.71. The number of amides is 1. The summed E-state index contributed by atoms with van der Waals surface area (Å²) in [6.45, 7) is 1.93. The first-order valence-electron chi connectivity index (χ1n) is 7.07. The summed E-state index contributed by atoms with van der Waals surface area (Å²) in [5.74, 6) is -0.539. The minimum absolute atomic E-state index is 0.524. The minimum Gasteiger partial charge on any atom is -0.368 e. The Bertz CT molecular complexity index is 706. The van der Waals surface area contributed by atoms with Crippen LogP contribution in [-0.4, -0.2) is 11.9 Å². The Morgan fingerprint density at radius 2 is 1.91 bits per heavy atom. The molecule has 2 rings (SSSR count). The van der Waals surface area contributed by atoms with Crippen LogP contribution in [0.3, 0.4) is 0 Å². The lowest BCUT2D eigenvalue weighted by Gasteiger charge is -2.34. The van der Waals surface area contributed by atoms with Gasteiger partial charge in [0.2, 0.25) is 5.91 Å². The molecule has 2 atom stereocenters. The number of nitriles is 1. The zero-order chi connectivity index (χ0) is 16.2. The van der Waals surface area contributed by atoms with Crippen LogP contribution in [0.4, 0.5) is 0 Å². The van der Waals surface area contributed by atoms with Gasteiger partial charge in [-0.25, -0.2) is 0 Å². The lowest BCUT2D eigenvalue weighted by Crippen LogP contribution is -2.52. The van der Waals surface area contributed by atoms with Crippen molar-refractivity contribution in [1.82, 2.24) is 0 Å². The number of carbonyl (C=O) groups is 1. The maximum absolute atomic E-state index is 11.7. The standard InChI is InChI=1S/C18H19N3O/c1-18(16(20)17(21)22,15-8-3-2-4-9-15)11-13-6-5-7-14(10-13)12-19/h2-10,16H,11,20H2,1H3,(H2,21,22). The predicted molar refractivity (Wildman–Crippen MR) is 85.8 cm³/mol. The summed E-state index contributed by atoms with van der Waals surface area (Å²) in [5.41, 5.74) is 13.4. The number of benzene rings is 2. The van der Waals surface area contributed by atoms with Gasteiger partial charge in [-0.3, -0.25) is 4.79 Å². The number of hydrogen-bond donors (Lipinski definition) is 2. The molecular formula is C18H19N3O. The van der Waals surface area contributed by atoms with Crippen LogP contribution in [-0.2, 0) is 16.6 Å². The largest absolute Gasteiger partial charge is 0.368 e. The van der Waals surface area contributed by atoms with Gasteiger partial charge >= 0.3 is 0 Å². The summed E-state index contributed by atoms with van der Waals surface area (Å²) >= 11 is 0. The molecule has 2 aromatic rings. The molecule has 0 radical (unpaired) electrons. The fraction of sp³-hybridized carbons (Fsp3) is 0.222. The number of nitrogens with zero attached hydrogens (tertiary/aromatic N) is 1. The van der Waals surface area contributed by atoms with E-state index in [1.807, 2.05) is 55.5 Å². The van der Waals surface area contributed by atoms with E-state index in [-0.39, 0.29) is 0 Å². The van der Waals surface area contributed by atoms with E-state index in [0.29, 0.717) is 12.0 Å². The van der Waals surface area contributed by atoms with Crippen LogP contribution < -0.4 is 11.5 Å². The molecule has 112 valence electrons. The molecule has 0 fully saturated rings. The number of carbonyl (C=O) groups excluding carboxylic acids is 1. The van der Waals surface area contributed by atoms with E-state index in [0.717, 1.165) is 11.1 Å². The van der Waals surface area contributed by atoms with Crippen LogP contribution in [0.5, 0.6) is 0 Å². The van der Waals surface area contributed by atoms with Crippen molar-refractivity contribution in [3.05, 3.63) is 71.3 Å². The van der Waals surface area contributed by atoms with Crippen molar-refractivity contribution in [2.45, 2.75) is 24.8 Å². The average Bonchev–Trinajstić information content (AvgIpc) is 2.54. The highest BCUT2D eigenvalue weighted by atomic mass is 16.1. The highest BCUT2D eigenvalue weighted by Crippen LogP contribution is 2.31. The molecule has 0 heterocycles. The number of hydrogen-bond acceptors (Lipinski definition) is 3. The maximum atomic E-state index is 11.7. The molecule has 1 amide bonds. The van der Waals surface area contributed by atoms with Crippen molar-refractivity contribution >= 4 is 5.91 Å². The molecule has 22 heavy (non-hydrogen) atoms. The Labute approximate surface area is 130 Å². The van der Waals surface area contributed by atoms with Crippen LogP contribution in [0, 0.1) is 11.3 Å². The third-order valence-electron chi connectivity index (χ3n) is 4.05. The van der Waals surface area contributed by atoms with Crippen molar-refractivity contribution in [2.75, 3.05) is 0 Å². The molecule has 0 aliphatic rings. The molecule has 0 spiro atoms. The third-order valence-corrected chi connectivity index (χ3v) is 4.05. The zero-order valence-electron chi connectivity index (χ0n) is 12.5. The predicted octanol–water partition coefficient (Wildman–Crippen LogP) is 1.87. The Kier molecular flexibility index (Phi) is 4.59. The molecule has 0 aliphatic carbocycles. The molecule has 0 bridgehead atoms. The summed E-state index contributed by atoms with van der Waals surface area (Å²) < 4.78 is 0. The highest BCUT2D eigenvalue weighted by Gasteiger charge is 2.37. The first-order chi connectivity index (χ1) is 10.5. The van der Waals surface area contributed by atoms with E-state index in [2.05, 4.69) is 6.07 Å². The summed E-state index contributed by atoms with van der Waals surface area (Å²) in [5, 5.41) is 9.03. The van der Waals surface area contributed by atoms with E-state index < -0.39 is 17.4 Å². The molecule has 0 saturated carbocycles. The van der Waals surface area contributed by atoms with Gasteiger partial charge in [0.15, 0.2) is 0 Å². The van der Waals surface area contributed by atoms with Crippen LogP contribution in [0.2, 0.25) is 0 Å². The molecule has 2 aromatic carbocycles. The molecule has 2 unspecified atom stereocenters. The van der Waals surface area contributed by atoms with E-state index in [9.17, 15) is 4.79 Å². The first kappa shape index (κ1) is 15.7. The molecule has 0 aliphatic heterocycles. The van der Waals surface area contributed by atoms with Crippen LogP contribution in [0.1, 0.15) is 23.6 Å². The van der Waals surface area contributed by atoms with E-state index in [4.69, 9.17) is 16.7 Å². The first-order valence-corrected chi connectivity index (χ1v) is 7.07. The van der Waals surface area contributed by atoms with Crippen molar-refractivity contribution < 1.29 is 4.79 Å². The van der Waals surface area contributed by atoms with Gasteiger partial charge in [-0.1, -0.05) is 49.4 Å². The second-order valence-corrected chi connectivity index (χ2v) is 5.65. The van der Waals surface area contributed by atoms with Gasteiger partial charge in [-0.05, 0) is 29.7 Å². The molecule has 4 nitrogen and oxygen atoms in total. The monoisotopic (exact) mass is 293 g/mol. The third kappa shape index (κ3) is 3.16. The van der Waals surface area contributed by atoms with Crippen molar-refractivity contribution in [3.63, 3.8) is 0 Å². The molecule has 4 heteroatoms. The fourth-order valence-corrected chi connectivity index (χ4v) is 2.70. The quantitative estimate of drug-likeness (QED) is 0.881. The molecule has 0 aromatic heterocycles. The van der Waals surface area contributed by atoms with Crippen LogP contribution in [0.25, 0.3) is 0 Å². The van der Waals surface area contributed by atoms with Gasteiger partial charge < -0.3 is 11.5 Å². The number of rotatable bonds is 5. The van der Waals surface area contributed by atoms with E-state index in [1.165, 1.54) is 0 Å². The summed E-state index contributed by atoms with van der Waals surface area (Å²) in [6.07, 6.45) is 0.524. The zero-order valence-corrected chi connectivity index (χ0v) is 12.5. The van der Waals surface area contributed by atoms with Gasteiger partial charge in [-0.15, -0.1) is 0 Å². The van der Waals surface area contributed by atoms with E-state index >= 15 is 0 Å². The average molecular weight is 293 g/mol. The summed E-state index contributed by atoms with van der Waals surface area (Å²) in [6, 6.07) is 18.2. The van der Waals surface area contributed by atoms with Crippen molar-refractivity contribution in [3.8, 4) is 6.07 Å². The molecular weight excluding hydrogens is 274 g/mol. The van der Waals surface area contributed by atoms with Crippen molar-refractivity contribution in [2.24, 2.45) is 11.5 Å².